The van der Waals surface area contributed by atoms with Gasteiger partial charge < -0.3 is 0 Å². The summed E-state index contributed by atoms with van der Waals surface area (Å²) in [4.78, 5) is 4.39. The summed E-state index contributed by atoms with van der Waals surface area (Å²) in [6, 6.07) is 4.60. The second-order valence-electron chi connectivity index (χ2n) is 3.98. The van der Waals surface area contributed by atoms with Crippen molar-refractivity contribution in [2.45, 2.75) is 19.4 Å². The number of rotatable bonds is 4. The molecule has 3 N–H and O–H groups in total. The largest absolute Gasteiger partial charge is 0.271 e. The van der Waals surface area contributed by atoms with E-state index in [9.17, 15) is 4.39 Å². The van der Waals surface area contributed by atoms with Crippen LogP contribution in [-0.2, 0) is 6.42 Å². The van der Waals surface area contributed by atoms with Gasteiger partial charge in [-0.3, -0.25) is 11.3 Å². The first kappa shape index (κ1) is 13.6. The highest BCUT2D eigenvalue weighted by Gasteiger charge is 2.14. The van der Waals surface area contributed by atoms with Crippen LogP contribution in [0, 0.1) is 12.7 Å². The molecule has 18 heavy (non-hydrogen) atoms. The van der Waals surface area contributed by atoms with E-state index in [0.717, 1.165) is 16.3 Å². The van der Waals surface area contributed by atoms with Crippen molar-refractivity contribution < 1.29 is 4.39 Å². The molecule has 0 amide bonds. The highest BCUT2D eigenvalue weighted by Crippen LogP contribution is 2.23. The number of nitrogens with zero attached hydrogens (tertiary/aromatic N) is 1. The normalized spacial score (nSPS) is 12.7. The Hall–Kier alpha value is -0.820. The van der Waals surface area contributed by atoms with Crippen LogP contribution in [0.5, 0.6) is 0 Å². The van der Waals surface area contributed by atoms with Gasteiger partial charge in [-0.25, -0.2) is 9.37 Å². The van der Waals surface area contributed by atoms with E-state index in [1.165, 1.54) is 12.1 Å². The number of aromatic nitrogens is 1. The molecule has 0 aliphatic carbocycles. The average Bonchev–Trinajstić information content (AvgIpc) is 2.70. The molecule has 96 valence electrons. The molecule has 0 saturated carbocycles. The van der Waals surface area contributed by atoms with Gasteiger partial charge in [0.15, 0.2) is 0 Å². The quantitative estimate of drug-likeness (QED) is 0.669. The maximum Gasteiger partial charge on any atom is 0.124 e. The molecule has 0 bridgehead atoms. The van der Waals surface area contributed by atoms with E-state index >= 15 is 0 Å². The number of aryl methyl sites for hydroxylation is 1. The second kappa shape index (κ2) is 5.88. The van der Waals surface area contributed by atoms with Crippen LogP contribution in [0.2, 0.25) is 0 Å². The molecular weight excluding hydrogens is 317 g/mol. The van der Waals surface area contributed by atoms with Crippen LogP contribution < -0.4 is 11.3 Å². The van der Waals surface area contributed by atoms with E-state index in [2.05, 4.69) is 26.3 Å². The maximum atomic E-state index is 13.4. The Morgan fingerprint density at radius 1 is 1.50 bits per heavy atom. The highest BCUT2D eigenvalue weighted by molar-refractivity contribution is 9.10. The number of benzene rings is 1. The maximum absolute atomic E-state index is 13.4. The van der Waals surface area contributed by atoms with Crippen LogP contribution in [-0.4, -0.2) is 4.98 Å². The summed E-state index contributed by atoms with van der Waals surface area (Å²) in [5.74, 6) is 5.26. The van der Waals surface area contributed by atoms with Crippen molar-refractivity contribution in [1.82, 2.24) is 10.4 Å². The van der Waals surface area contributed by atoms with Gasteiger partial charge in [0.05, 0.1) is 16.7 Å². The zero-order valence-corrected chi connectivity index (χ0v) is 12.2. The lowest BCUT2D eigenvalue weighted by atomic mass is 10.0. The number of nitrogens with two attached hydrogens (primary N) is 1. The number of thiazole rings is 1. The molecule has 1 unspecified atom stereocenters. The molecule has 0 spiro atoms. The van der Waals surface area contributed by atoms with Gasteiger partial charge in [-0.1, -0.05) is 15.9 Å². The molecule has 1 aromatic carbocycles. The molecule has 3 nitrogen and oxygen atoms in total. The fraction of sp³-hybridized carbons (Fsp3) is 0.250. The Labute approximate surface area is 117 Å². The van der Waals surface area contributed by atoms with Gasteiger partial charge in [0.1, 0.15) is 5.82 Å². The van der Waals surface area contributed by atoms with Gasteiger partial charge in [-0.2, -0.15) is 0 Å². The van der Waals surface area contributed by atoms with Gasteiger partial charge in [-0.05, 0) is 30.7 Å². The van der Waals surface area contributed by atoms with Crippen molar-refractivity contribution in [1.29, 1.82) is 0 Å². The van der Waals surface area contributed by atoms with Crippen LogP contribution in [0.25, 0.3) is 0 Å². The second-order valence-corrected chi connectivity index (χ2v) is 5.96. The van der Waals surface area contributed by atoms with E-state index in [0.29, 0.717) is 10.9 Å². The number of hydrogen-bond donors (Lipinski definition) is 2. The molecule has 1 aromatic heterocycles. The Kier molecular flexibility index (Phi) is 4.45. The summed E-state index contributed by atoms with van der Waals surface area (Å²) in [5, 5.41) is 3.01. The number of halogens is 2. The van der Waals surface area contributed by atoms with Crippen molar-refractivity contribution >= 4 is 27.3 Å². The van der Waals surface area contributed by atoms with Crippen LogP contribution in [0.4, 0.5) is 4.39 Å². The average molecular weight is 330 g/mol. The third-order valence-electron chi connectivity index (χ3n) is 2.57. The van der Waals surface area contributed by atoms with Gasteiger partial charge >= 0.3 is 0 Å². The summed E-state index contributed by atoms with van der Waals surface area (Å²) in [7, 11) is 0. The predicted octanol–water partition coefficient (Wildman–Crippen LogP) is 3.10. The minimum atomic E-state index is -0.283. The van der Waals surface area contributed by atoms with Crippen molar-refractivity contribution in [3.63, 3.8) is 0 Å². The summed E-state index contributed by atoms with van der Waals surface area (Å²) in [6.45, 7) is 1.96. The fourth-order valence-electron chi connectivity index (χ4n) is 1.76. The fourth-order valence-corrected chi connectivity index (χ4v) is 2.87. The first-order chi connectivity index (χ1) is 8.58. The molecule has 2 aromatic rings. The van der Waals surface area contributed by atoms with Crippen LogP contribution >= 0.6 is 27.3 Å². The number of hydrogen-bond acceptors (Lipinski definition) is 4. The van der Waals surface area contributed by atoms with Crippen molar-refractivity contribution in [3.8, 4) is 0 Å². The topological polar surface area (TPSA) is 50.9 Å². The first-order valence-corrected chi connectivity index (χ1v) is 7.09. The monoisotopic (exact) mass is 329 g/mol. The smallest absolute Gasteiger partial charge is 0.124 e. The van der Waals surface area contributed by atoms with Crippen molar-refractivity contribution in [3.05, 3.63) is 50.1 Å². The van der Waals surface area contributed by atoms with E-state index in [1.54, 1.807) is 11.3 Å². The molecule has 1 atom stereocenters. The lowest BCUT2D eigenvalue weighted by Gasteiger charge is -2.15. The summed E-state index contributed by atoms with van der Waals surface area (Å²) in [6.07, 6.45) is 0.636. The minimum Gasteiger partial charge on any atom is -0.271 e. The molecule has 0 saturated heterocycles. The van der Waals surface area contributed by atoms with Gasteiger partial charge in [0.2, 0.25) is 0 Å². The van der Waals surface area contributed by atoms with E-state index < -0.39 is 0 Å². The lowest BCUT2D eigenvalue weighted by molar-refractivity contribution is 0.539. The zero-order valence-electron chi connectivity index (χ0n) is 9.78. The van der Waals surface area contributed by atoms with Crippen molar-refractivity contribution in [2.24, 2.45) is 5.84 Å². The zero-order chi connectivity index (χ0) is 13.1. The Morgan fingerprint density at radius 2 is 2.28 bits per heavy atom. The first-order valence-electron chi connectivity index (χ1n) is 5.41. The van der Waals surface area contributed by atoms with Gasteiger partial charge in [0.25, 0.3) is 0 Å². The Bertz CT molecular complexity index is 524. The minimum absolute atomic E-state index is 0.154. The van der Waals surface area contributed by atoms with Crippen LogP contribution in [0.1, 0.15) is 22.3 Å². The van der Waals surface area contributed by atoms with Crippen molar-refractivity contribution in [2.75, 3.05) is 0 Å². The van der Waals surface area contributed by atoms with E-state index in [4.69, 9.17) is 5.84 Å². The molecule has 0 radical (unpaired) electrons. The molecule has 2 rings (SSSR count). The summed E-state index contributed by atoms with van der Waals surface area (Å²) in [5.41, 5.74) is 4.47. The molecule has 6 heteroatoms. The number of nitrogens with one attached hydrogen (secondary N) is 1. The summed E-state index contributed by atoms with van der Waals surface area (Å²) >= 11 is 4.87. The third kappa shape index (κ3) is 3.35. The molecular formula is C12H13BrFN3S. The molecule has 0 aliphatic rings. The van der Waals surface area contributed by atoms with Gasteiger partial charge in [-0.15, -0.1) is 11.3 Å². The van der Waals surface area contributed by atoms with Crippen LogP contribution in [0.15, 0.2) is 28.1 Å². The molecule has 1 heterocycles. The summed E-state index contributed by atoms with van der Waals surface area (Å²) < 4.78 is 14.1. The molecule has 0 aliphatic heterocycles. The SMILES string of the molecule is Cc1nc(CC(NN)c2cc(F)cc(Br)c2)cs1. The van der Waals surface area contributed by atoms with Gasteiger partial charge in [0, 0.05) is 16.3 Å². The van der Waals surface area contributed by atoms with E-state index in [1.807, 2.05) is 18.4 Å². The molecule has 0 fully saturated rings. The predicted molar refractivity (Wildman–Crippen MR) is 74.7 cm³/mol. The highest BCUT2D eigenvalue weighted by atomic mass is 79.9. The third-order valence-corrected chi connectivity index (χ3v) is 3.85. The van der Waals surface area contributed by atoms with E-state index in [-0.39, 0.29) is 11.9 Å². The standard InChI is InChI=1S/C12H13BrFN3S/c1-7-16-11(6-18-7)5-12(17-15)8-2-9(13)4-10(14)3-8/h2-4,6,12,17H,5,15H2,1H3. The Morgan fingerprint density at radius 3 is 2.83 bits per heavy atom. The number of hydrazine groups is 1. The Balaban J connectivity index is 2.22. The van der Waals surface area contributed by atoms with Crippen LogP contribution in [0.3, 0.4) is 0 Å². The lowest BCUT2D eigenvalue weighted by Crippen LogP contribution is -2.29.